The Hall–Kier alpha value is -0.160. The van der Waals surface area contributed by atoms with E-state index in [1.807, 2.05) is 0 Å². The summed E-state index contributed by atoms with van der Waals surface area (Å²) < 4.78 is 0. The van der Waals surface area contributed by atoms with Crippen molar-refractivity contribution in [1.82, 2.24) is 10.6 Å². The molecule has 0 rings (SSSR count). The largest absolute Gasteiger partial charge is 0.390 e. The first-order valence-electron chi connectivity index (χ1n) is 9.04. The smallest absolute Gasteiger partial charge is 0.0788 e. The first-order valence-corrected chi connectivity index (χ1v) is 9.04. The van der Waals surface area contributed by atoms with Crippen molar-refractivity contribution in [3.05, 3.63) is 0 Å². The molecular weight excluding hydrogens is 262 g/mol. The van der Waals surface area contributed by atoms with Gasteiger partial charge in [0.1, 0.15) is 0 Å². The van der Waals surface area contributed by atoms with E-state index in [9.17, 15) is 5.11 Å². The Morgan fingerprint density at radius 2 is 1.62 bits per heavy atom. The van der Waals surface area contributed by atoms with Gasteiger partial charge in [0.2, 0.25) is 0 Å². The second kappa shape index (κ2) is 16.2. The third-order valence-corrected chi connectivity index (χ3v) is 4.04. The minimum atomic E-state index is -0.280. The van der Waals surface area contributed by atoms with Crippen LogP contribution in [-0.4, -0.2) is 43.9 Å². The molecule has 0 saturated carbocycles. The van der Waals surface area contributed by atoms with E-state index >= 15 is 0 Å². The Labute approximate surface area is 132 Å². The molecule has 0 heterocycles. The lowest BCUT2D eigenvalue weighted by atomic mass is 9.99. The summed E-state index contributed by atoms with van der Waals surface area (Å²) in [7, 11) is 0. The molecule has 0 radical (unpaired) electrons. The molecule has 0 fully saturated rings. The first kappa shape index (κ1) is 20.8. The number of unbranched alkanes of at least 4 members (excludes halogenated alkanes) is 4. The van der Waals surface area contributed by atoms with Crippen molar-refractivity contribution in [2.45, 2.75) is 71.3 Å². The van der Waals surface area contributed by atoms with Crippen LogP contribution in [0.25, 0.3) is 0 Å². The lowest BCUT2D eigenvalue weighted by Gasteiger charge is -2.17. The molecule has 0 saturated heterocycles. The predicted molar refractivity (Wildman–Crippen MR) is 92.6 cm³/mol. The van der Waals surface area contributed by atoms with Crippen LogP contribution in [0.2, 0.25) is 0 Å². The van der Waals surface area contributed by atoms with Crippen LogP contribution in [0, 0.1) is 5.92 Å². The summed E-state index contributed by atoms with van der Waals surface area (Å²) in [5.41, 5.74) is 5.46. The number of aliphatic hydroxyl groups is 1. The number of hydrogen-bond donors (Lipinski definition) is 4. The van der Waals surface area contributed by atoms with Crippen molar-refractivity contribution >= 4 is 0 Å². The van der Waals surface area contributed by atoms with E-state index in [1.165, 1.54) is 44.9 Å². The molecule has 0 bridgehead atoms. The Bertz CT molecular complexity index is 202. The number of nitrogens with two attached hydrogens (primary N) is 1. The van der Waals surface area contributed by atoms with E-state index in [-0.39, 0.29) is 6.10 Å². The number of aliphatic hydroxyl groups excluding tert-OH is 1. The second-order valence-electron chi connectivity index (χ2n) is 6.14. The summed E-state index contributed by atoms with van der Waals surface area (Å²) >= 11 is 0. The molecule has 5 N–H and O–H groups in total. The average molecular weight is 302 g/mol. The third kappa shape index (κ3) is 14.5. The van der Waals surface area contributed by atoms with E-state index in [1.54, 1.807) is 0 Å². The van der Waals surface area contributed by atoms with E-state index in [0.29, 0.717) is 13.1 Å². The van der Waals surface area contributed by atoms with Gasteiger partial charge in [-0.05, 0) is 44.8 Å². The van der Waals surface area contributed by atoms with Gasteiger partial charge in [0.15, 0.2) is 0 Å². The SMILES string of the molecule is CCCCC(CC)CNCC(O)CNCCCCCCN. The molecule has 0 aromatic rings. The van der Waals surface area contributed by atoms with E-state index in [4.69, 9.17) is 5.73 Å². The fourth-order valence-electron chi connectivity index (χ4n) is 2.49. The zero-order valence-corrected chi connectivity index (χ0v) is 14.4. The topological polar surface area (TPSA) is 70.3 Å². The van der Waals surface area contributed by atoms with Crippen LogP contribution in [-0.2, 0) is 0 Å². The van der Waals surface area contributed by atoms with Crippen LogP contribution < -0.4 is 16.4 Å². The molecule has 0 aliphatic rings. The maximum Gasteiger partial charge on any atom is 0.0788 e. The van der Waals surface area contributed by atoms with Gasteiger partial charge in [0, 0.05) is 13.1 Å². The van der Waals surface area contributed by atoms with Crippen LogP contribution in [0.15, 0.2) is 0 Å². The molecule has 4 heteroatoms. The fraction of sp³-hybridized carbons (Fsp3) is 1.00. The lowest BCUT2D eigenvalue weighted by Crippen LogP contribution is -2.37. The molecular formula is C17H39N3O. The molecule has 0 amide bonds. The van der Waals surface area contributed by atoms with Gasteiger partial charge in [0.05, 0.1) is 6.10 Å². The van der Waals surface area contributed by atoms with Crippen LogP contribution in [0.1, 0.15) is 65.2 Å². The Morgan fingerprint density at radius 1 is 0.905 bits per heavy atom. The van der Waals surface area contributed by atoms with Gasteiger partial charge in [0.25, 0.3) is 0 Å². The maximum absolute atomic E-state index is 9.91. The van der Waals surface area contributed by atoms with Crippen LogP contribution in [0.4, 0.5) is 0 Å². The Morgan fingerprint density at radius 3 is 2.29 bits per heavy atom. The van der Waals surface area contributed by atoms with Crippen molar-refractivity contribution in [2.24, 2.45) is 11.7 Å². The standard InChI is InChI=1S/C17H39N3O/c1-3-5-10-16(4-2)13-20-15-17(21)14-19-12-9-7-6-8-11-18/h16-17,19-21H,3-15,18H2,1-2H3. The Kier molecular flexibility index (Phi) is 16.1. The van der Waals surface area contributed by atoms with Gasteiger partial charge in [-0.3, -0.25) is 0 Å². The average Bonchev–Trinajstić information content (AvgIpc) is 2.49. The van der Waals surface area contributed by atoms with E-state index in [0.717, 1.165) is 32.0 Å². The highest BCUT2D eigenvalue weighted by Gasteiger charge is 2.07. The number of hydrogen-bond acceptors (Lipinski definition) is 4. The van der Waals surface area contributed by atoms with Gasteiger partial charge in [-0.1, -0.05) is 46.0 Å². The molecule has 0 aromatic carbocycles. The molecule has 0 aliphatic heterocycles. The highest BCUT2D eigenvalue weighted by atomic mass is 16.3. The minimum Gasteiger partial charge on any atom is -0.390 e. The normalized spacial score (nSPS) is 14.3. The summed E-state index contributed by atoms with van der Waals surface area (Å²) in [6.07, 6.45) is 9.59. The van der Waals surface area contributed by atoms with E-state index in [2.05, 4.69) is 24.5 Å². The van der Waals surface area contributed by atoms with Crippen molar-refractivity contribution < 1.29 is 5.11 Å². The molecule has 0 aliphatic carbocycles. The van der Waals surface area contributed by atoms with Gasteiger partial charge in [-0.25, -0.2) is 0 Å². The third-order valence-electron chi connectivity index (χ3n) is 4.04. The zero-order chi connectivity index (χ0) is 15.8. The fourth-order valence-corrected chi connectivity index (χ4v) is 2.49. The molecule has 4 nitrogen and oxygen atoms in total. The zero-order valence-electron chi connectivity index (χ0n) is 14.4. The summed E-state index contributed by atoms with van der Waals surface area (Å²) in [4.78, 5) is 0. The minimum absolute atomic E-state index is 0.280. The van der Waals surface area contributed by atoms with Crippen molar-refractivity contribution in [3.8, 4) is 0 Å². The van der Waals surface area contributed by atoms with Gasteiger partial charge in [-0.2, -0.15) is 0 Å². The van der Waals surface area contributed by atoms with Gasteiger partial charge in [-0.15, -0.1) is 0 Å². The Balaban J connectivity index is 3.38. The predicted octanol–water partition coefficient (Wildman–Crippen LogP) is 2.26. The highest BCUT2D eigenvalue weighted by molar-refractivity contribution is 4.66. The highest BCUT2D eigenvalue weighted by Crippen LogP contribution is 2.10. The number of nitrogens with one attached hydrogen (secondary N) is 2. The number of rotatable bonds is 16. The summed E-state index contributed by atoms with van der Waals surface area (Å²) in [6, 6.07) is 0. The van der Waals surface area contributed by atoms with Crippen molar-refractivity contribution in [3.63, 3.8) is 0 Å². The summed E-state index contributed by atoms with van der Waals surface area (Å²) in [5.74, 6) is 0.757. The van der Waals surface area contributed by atoms with Crippen LogP contribution in [0.3, 0.4) is 0 Å². The molecule has 2 unspecified atom stereocenters. The monoisotopic (exact) mass is 301 g/mol. The first-order chi connectivity index (χ1) is 10.2. The van der Waals surface area contributed by atoms with Crippen LogP contribution in [0.5, 0.6) is 0 Å². The molecule has 128 valence electrons. The lowest BCUT2D eigenvalue weighted by molar-refractivity contribution is 0.166. The summed E-state index contributed by atoms with van der Waals surface area (Å²) in [6.45, 7) is 8.71. The molecule has 0 spiro atoms. The van der Waals surface area contributed by atoms with Crippen molar-refractivity contribution in [2.75, 3.05) is 32.7 Å². The van der Waals surface area contributed by atoms with Gasteiger partial charge >= 0.3 is 0 Å². The second-order valence-corrected chi connectivity index (χ2v) is 6.14. The van der Waals surface area contributed by atoms with Crippen LogP contribution >= 0.6 is 0 Å². The van der Waals surface area contributed by atoms with Gasteiger partial charge < -0.3 is 21.5 Å². The maximum atomic E-state index is 9.91. The molecule has 21 heavy (non-hydrogen) atoms. The van der Waals surface area contributed by atoms with E-state index < -0.39 is 0 Å². The van der Waals surface area contributed by atoms with Crippen molar-refractivity contribution in [1.29, 1.82) is 0 Å². The summed E-state index contributed by atoms with van der Waals surface area (Å²) in [5, 5.41) is 16.6. The molecule has 2 atom stereocenters. The molecule has 0 aromatic heterocycles. The quantitative estimate of drug-likeness (QED) is 0.330.